The minimum absolute atomic E-state index is 0. The number of rotatable bonds is 6. The first kappa shape index (κ1) is 20.7. The van der Waals surface area contributed by atoms with Crippen molar-refractivity contribution in [1.29, 1.82) is 0 Å². The van der Waals surface area contributed by atoms with Crippen LogP contribution in [-0.4, -0.2) is 39.1 Å². The number of nitrogens with one attached hydrogen (secondary N) is 1. The number of nitrogens with zero attached hydrogens (tertiary/aromatic N) is 4. The first-order valence-corrected chi connectivity index (χ1v) is 9.80. The predicted octanol–water partition coefficient (Wildman–Crippen LogP) is 3.16. The molecule has 6 nitrogen and oxygen atoms in total. The van der Waals surface area contributed by atoms with Crippen LogP contribution in [0.15, 0.2) is 42.0 Å². The number of aryl methyl sites for hydroxylation is 1. The standard InChI is InChI=1S/C19H22FN5OS.ClH/c1-24-8-7-22-19(24)17-10-21-6-9-25(17)11-15-13-27-18(23-15)12-26-16-4-2-14(20)3-5-16;/h2-5,7-8,13,17,21H,6,9-12H2,1H3;1H. The van der Waals surface area contributed by atoms with Gasteiger partial charge in [-0.05, 0) is 24.3 Å². The summed E-state index contributed by atoms with van der Waals surface area (Å²) in [6, 6.07) is 6.28. The maximum atomic E-state index is 13.0. The Labute approximate surface area is 173 Å². The smallest absolute Gasteiger partial charge is 0.140 e. The Morgan fingerprint density at radius 3 is 2.89 bits per heavy atom. The molecule has 1 N–H and O–H groups in total. The highest BCUT2D eigenvalue weighted by molar-refractivity contribution is 7.09. The second-order valence-electron chi connectivity index (χ2n) is 6.56. The molecule has 4 rings (SSSR count). The van der Waals surface area contributed by atoms with Gasteiger partial charge in [0.2, 0.25) is 0 Å². The predicted molar refractivity (Wildman–Crippen MR) is 109 cm³/mol. The van der Waals surface area contributed by atoms with Crippen LogP contribution < -0.4 is 10.1 Å². The zero-order chi connectivity index (χ0) is 18.6. The van der Waals surface area contributed by atoms with Crippen LogP contribution in [0.1, 0.15) is 22.6 Å². The molecule has 2 aromatic heterocycles. The number of hydrogen-bond acceptors (Lipinski definition) is 6. The highest BCUT2D eigenvalue weighted by Crippen LogP contribution is 2.24. The maximum Gasteiger partial charge on any atom is 0.140 e. The highest BCUT2D eigenvalue weighted by Gasteiger charge is 2.27. The Morgan fingerprint density at radius 2 is 2.14 bits per heavy atom. The van der Waals surface area contributed by atoms with Gasteiger partial charge in [-0.1, -0.05) is 0 Å². The topological polar surface area (TPSA) is 55.2 Å². The van der Waals surface area contributed by atoms with E-state index in [-0.39, 0.29) is 24.3 Å². The monoisotopic (exact) mass is 423 g/mol. The van der Waals surface area contributed by atoms with Crippen molar-refractivity contribution in [2.75, 3.05) is 19.6 Å². The summed E-state index contributed by atoms with van der Waals surface area (Å²) in [7, 11) is 2.03. The number of hydrogen-bond donors (Lipinski definition) is 1. The van der Waals surface area contributed by atoms with Gasteiger partial charge in [0.1, 0.15) is 29.0 Å². The molecule has 28 heavy (non-hydrogen) atoms. The average Bonchev–Trinajstić information content (AvgIpc) is 3.31. The van der Waals surface area contributed by atoms with Gasteiger partial charge in [-0.25, -0.2) is 14.4 Å². The average molecular weight is 424 g/mol. The molecule has 1 aromatic carbocycles. The van der Waals surface area contributed by atoms with Crippen molar-refractivity contribution in [2.24, 2.45) is 7.05 Å². The lowest BCUT2D eigenvalue weighted by Crippen LogP contribution is -2.46. The molecule has 0 amide bonds. The number of imidazole rings is 1. The minimum Gasteiger partial charge on any atom is -0.486 e. The first-order valence-electron chi connectivity index (χ1n) is 8.92. The lowest BCUT2D eigenvalue weighted by molar-refractivity contribution is 0.143. The van der Waals surface area contributed by atoms with E-state index >= 15 is 0 Å². The van der Waals surface area contributed by atoms with Crippen LogP contribution in [0.3, 0.4) is 0 Å². The third-order valence-corrected chi connectivity index (χ3v) is 5.52. The van der Waals surface area contributed by atoms with Crippen molar-refractivity contribution in [3.05, 3.63) is 64.4 Å². The number of ether oxygens (including phenoxy) is 1. The van der Waals surface area contributed by atoms with E-state index in [1.165, 1.54) is 12.1 Å². The summed E-state index contributed by atoms with van der Waals surface area (Å²) in [5.74, 6) is 1.44. The zero-order valence-electron chi connectivity index (χ0n) is 15.5. The molecule has 1 unspecified atom stereocenters. The van der Waals surface area contributed by atoms with Gasteiger partial charge < -0.3 is 14.6 Å². The third kappa shape index (κ3) is 4.88. The molecule has 0 spiro atoms. The van der Waals surface area contributed by atoms with E-state index in [9.17, 15) is 4.39 Å². The minimum atomic E-state index is -0.267. The molecule has 1 aliphatic heterocycles. The molecule has 9 heteroatoms. The fraction of sp³-hybridized carbons (Fsp3) is 0.368. The molecule has 150 valence electrons. The summed E-state index contributed by atoms with van der Waals surface area (Å²) in [6.07, 6.45) is 3.83. The van der Waals surface area contributed by atoms with Crippen LogP contribution in [0.5, 0.6) is 5.75 Å². The number of halogens is 2. The number of thiazole rings is 1. The summed E-state index contributed by atoms with van der Waals surface area (Å²) < 4.78 is 20.7. The Kier molecular flexibility index (Phi) is 7.01. The van der Waals surface area contributed by atoms with Crippen LogP contribution in [0.25, 0.3) is 0 Å². The van der Waals surface area contributed by atoms with Crippen LogP contribution >= 0.6 is 23.7 Å². The maximum absolute atomic E-state index is 13.0. The second-order valence-corrected chi connectivity index (χ2v) is 7.50. The van der Waals surface area contributed by atoms with Crippen LogP contribution in [0.4, 0.5) is 4.39 Å². The van der Waals surface area contributed by atoms with Gasteiger partial charge in [0.05, 0.1) is 11.7 Å². The molecule has 1 saturated heterocycles. The van der Waals surface area contributed by atoms with Crippen molar-refractivity contribution in [2.45, 2.75) is 19.2 Å². The molecule has 0 aliphatic carbocycles. The second kappa shape index (κ2) is 9.47. The Morgan fingerprint density at radius 1 is 1.32 bits per heavy atom. The zero-order valence-corrected chi connectivity index (χ0v) is 17.2. The molecule has 0 radical (unpaired) electrons. The van der Waals surface area contributed by atoms with Gasteiger partial charge in [0.15, 0.2) is 0 Å². The van der Waals surface area contributed by atoms with Crippen molar-refractivity contribution < 1.29 is 9.13 Å². The van der Waals surface area contributed by atoms with Gasteiger partial charge in [-0.15, -0.1) is 23.7 Å². The summed E-state index contributed by atoms with van der Waals surface area (Å²) >= 11 is 1.59. The van der Waals surface area contributed by atoms with E-state index in [0.717, 1.165) is 42.7 Å². The van der Waals surface area contributed by atoms with Gasteiger partial charge >= 0.3 is 0 Å². The molecule has 0 bridgehead atoms. The SMILES string of the molecule is Cl.Cn1ccnc1C1CNCCN1Cc1csc(COc2ccc(F)cc2)n1. The van der Waals surface area contributed by atoms with E-state index in [1.807, 2.05) is 19.4 Å². The summed E-state index contributed by atoms with van der Waals surface area (Å²) in [6.45, 7) is 3.98. The summed E-state index contributed by atoms with van der Waals surface area (Å²) in [5, 5.41) is 6.45. The van der Waals surface area contributed by atoms with Gasteiger partial charge in [-0.3, -0.25) is 4.90 Å². The van der Waals surface area contributed by atoms with Gasteiger partial charge in [0.25, 0.3) is 0 Å². The quantitative estimate of drug-likeness (QED) is 0.660. The van der Waals surface area contributed by atoms with E-state index in [0.29, 0.717) is 12.4 Å². The molecule has 1 aliphatic rings. The summed E-state index contributed by atoms with van der Waals surface area (Å²) in [5.41, 5.74) is 1.04. The molecule has 3 heterocycles. The van der Waals surface area contributed by atoms with Gasteiger partial charge in [0, 0.05) is 51.0 Å². The highest BCUT2D eigenvalue weighted by atomic mass is 35.5. The molecular formula is C19H23ClFN5OS. The van der Waals surface area contributed by atoms with Crippen LogP contribution in [0.2, 0.25) is 0 Å². The lowest BCUT2D eigenvalue weighted by Gasteiger charge is -2.35. The van der Waals surface area contributed by atoms with Crippen molar-refractivity contribution in [3.63, 3.8) is 0 Å². The summed E-state index contributed by atoms with van der Waals surface area (Å²) in [4.78, 5) is 11.6. The van der Waals surface area contributed by atoms with Crippen molar-refractivity contribution in [3.8, 4) is 5.75 Å². The fourth-order valence-corrected chi connectivity index (χ4v) is 3.96. The van der Waals surface area contributed by atoms with E-state index < -0.39 is 0 Å². The van der Waals surface area contributed by atoms with E-state index in [4.69, 9.17) is 9.72 Å². The first-order chi connectivity index (χ1) is 13.2. The number of benzene rings is 1. The molecular weight excluding hydrogens is 401 g/mol. The molecule has 1 atom stereocenters. The van der Waals surface area contributed by atoms with Crippen molar-refractivity contribution in [1.82, 2.24) is 24.8 Å². The van der Waals surface area contributed by atoms with Crippen molar-refractivity contribution >= 4 is 23.7 Å². The molecule has 1 fully saturated rings. The normalized spacial score (nSPS) is 17.3. The number of piperazine rings is 1. The van der Waals surface area contributed by atoms with Crippen LogP contribution in [0, 0.1) is 5.82 Å². The van der Waals surface area contributed by atoms with Gasteiger partial charge in [-0.2, -0.15) is 0 Å². The van der Waals surface area contributed by atoms with E-state index in [1.54, 1.807) is 23.5 Å². The van der Waals surface area contributed by atoms with E-state index in [2.05, 4.69) is 25.1 Å². The largest absolute Gasteiger partial charge is 0.486 e. The molecule has 3 aromatic rings. The van der Waals surface area contributed by atoms with Crippen LogP contribution in [-0.2, 0) is 20.2 Å². The lowest BCUT2D eigenvalue weighted by atomic mass is 10.1. The fourth-order valence-electron chi connectivity index (χ4n) is 3.26. The number of aromatic nitrogens is 3. The third-order valence-electron chi connectivity index (χ3n) is 4.65. The Hall–Kier alpha value is -2.00. The molecule has 0 saturated carbocycles. The Bertz CT molecular complexity index is 885. The Balaban J connectivity index is 0.00000225.